The van der Waals surface area contributed by atoms with Gasteiger partial charge in [-0.15, -0.1) is 0 Å². The SMILES string of the molecule is COc1ccc(C#N)c(NCC2CC(O)C2)c1. The largest absolute Gasteiger partial charge is 0.497 e. The van der Waals surface area contributed by atoms with Crippen LogP contribution < -0.4 is 10.1 Å². The zero-order chi connectivity index (χ0) is 12.3. The van der Waals surface area contributed by atoms with Gasteiger partial charge in [-0.25, -0.2) is 0 Å². The van der Waals surface area contributed by atoms with Crippen LogP contribution in [0.4, 0.5) is 5.69 Å². The van der Waals surface area contributed by atoms with Crippen LogP contribution in [0.15, 0.2) is 18.2 Å². The predicted octanol–water partition coefficient (Wildman–Crippen LogP) is 1.75. The van der Waals surface area contributed by atoms with Crippen LogP contribution in [0.2, 0.25) is 0 Å². The van der Waals surface area contributed by atoms with E-state index in [-0.39, 0.29) is 6.10 Å². The van der Waals surface area contributed by atoms with Crippen LogP contribution in [0.25, 0.3) is 0 Å². The third kappa shape index (κ3) is 2.69. The number of hydrogen-bond acceptors (Lipinski definition) is 4. The number of ether oxygens (including phenoxy) is 1. The normalized spacial score (nSPS) is 22.4. The Labute approximate surface area is 101 Å². The third-order valence-corrected chi connectivity index (χ3v) is 3.14. The van der Waals surface area contributed by atoms with Crippen molar-refractivity contribution in [1.29, 1.82) is 5.26 Å². The molecule has 0 heterocycles. The maximum Gasteiger partial charge on any atom is 0.121 e. The molecule has 0 spiro atoms. The summed E-state index contributed by atoms with van der Waals surface area (Å²) >= 11 is 0. The summed E-state index contributed by atoms with van der Waals surface area (Å²) in [6.07, 6.45) is 1.56. The molecule has 0 unspecified atom stereocenters. The van der Waals surface area contributed by atoms with E-state index >= 15 is 0 Å². The minimum Gasteiger partial charge on any atom is -0.497 e. The van der Waals surface area contributed by atoms with Gasteiger partial charge in [0.1, 0.15) is 11.8 Å². The summed E-state index contributed by atoms with van der Waals surface area (Å²) in [6.45, 7) is 0.791. The van der Waals surface area contributed by atoms with Crippen molar-refractivity contribution < 1.29 is 9.84 Å². The molecule has 0 radical (unpaired) electrons. The van der Waals surface area contributed by atoms with Crippen molar-refractivity contribution in [2.45, 2.75) is 18.9 Å². The standard InChI is InChI=1S/C13H16N2O2/c1-17-12-3-2-10(7-14)13(6-12)15-8-9-4-11(16)5-9/h2-3,6,9,11,15-16H,4-5,8H2,1H3. The maximum absolute atomic E-state index is 9.20. The van der Waals surface area contributed by atoms with Crippen molar-refractivity contribution >= 4 is 5.69 Å². The molecule has 0 aromatic heterocycles. The van der Waals surface area contributed by atoms with Crippen LogP contribution >= 0.6 is 0 Å². The molecule has 0 saturated heterocycles. The van der Waals surface area contributed by atoms with Gasteiger partial charge in [0.2, 0.25) is 0 Å². The molecule has 4 nitrogen and oxygen atoms in total. The van der Waals surface area contributed by atoms with Crippen molar-refractivity contribution in [2.75, 3.05) is 19.0 Å². The molecule has 1 fully saturated rings. The average molecular weight is 232 g/mol. The van der Waals surface area contributed by atoms with Crippen LogP contribution in [0, 0.1) is 17.2 Å². The van der Waals surface area contributed by atoms with Gasteiger partial charge in [-0.2, -0.15) is 5.26 Å². The highest BCUT2D eigenvalue weighted by Crippen LogP contribution is 2.28. The summed E-state index contributed by atoms with van der Waals surface area (Å²) in [5, 5.41) is 21.4. The topological polar surface area (TPSA) is 65.3 Å². The van der Waals surface area contributed by atoms with Crippen molar-refractivity contribution in [3.8, 4) is 11.8 Å². The number of aliphatic hydroxyl groups excluding tert-OH is 1. The van der Waals surface area contributed by atoms with Crippen LogP contribution in [0.5, 0.6) is 5.75 Å². The summed E-state index contributed by atoms with van der Waals surface area (Å²) in [5.74, 6) is 1.24. The van der Waals surface area contributed by atoms with Gasteiger partial charge in [0.15, 0.2) is 0 Å². The highest BCUT2D eigenvalue weighted by molar-refractivity contribution is 5.60. The lowest BCUT2D eigenvalue weighted by Crippen LogP contribution is -2.33. The maximum atomic E-state index is 9.20. The monoisotopic (exact) mass is 232 g/mol. The fraction of sp³-hybridized carbons (Fsp3) is 0.462. The molecule has 90 valence electrons. The number of benzene rings is 1. The van der Waals surface area contributed by atoms with Gasteiger partial charge in [0.05, 0.1) is 24.5 Å². The molecule has 2 rings (SSSR count). The minimum absolute atomic E-state index is 0.137. The van der Waals surface area contributed by atoms with Crippen molar-refractivity contribution in [3.05, 3.63) is 23.8 Å². The average Bonchev–Trinajstić information content (AvgIpc) is 2.32. The number of methoxy groups -OCH3 is 1. The molecule has 4 heteroatoms. The van der Waals surface area contributed by atoms with E-state index in [4.69, 9.17) is 10.00 Å². The highest BCUT2D eigenvalue weighted by atomic mass is 16.5. The molecular formula is C13H16N2O2. The van der Waals surface area contributed by atoms with Crippen molar-refractivity contribution in [2.24, 2.45) is 5.92 Å². The lowest BCUT2D eigenvalue weighted by atomic mass is 9.82. The van der Waals surface area contributed by atoms with E-state index in [0.717, 1.165) is 30.8 Å². The molecule has 2 N–H and O–H groups in total. The van der Waals surface area contributed by atoms with E-state index < -0.39 is 0 Å². The second-order valence-corrected chi connectivity index (χ2v) is 4.40. The lowest BCUT2D eigenvalue weighted by Gasteiger charge is -2.31. The number of hydrogen-bond donors (Lipinski definition) is 2. The number of nitriles is 1. The minimum atomic E-state index is -0.137. The number of anilines is 1. The van der Waals surface area contributed by atoms with E-state index in [2.05, 4.69) is 11.4 Å². The molecule has 0 amide bonds. The first-order valence-electron chi connectivity index (χ1n) is 5.73. The molecule has 1 aliphatic rings. The van der Waals surface area contributed by atoms with Gasteiger partial charge in [-0.1, -0.05) is 0 Å². The summed E-state index contributed by atoms with van der Waals surface area (Å²) in [5.41, 5.74) is 1.42. The van der Waals surface area contributed by atoms with Gasteiger partial charge in [0, 0.05) is 12.6 Å². The molecule has 1 saturated carbocycles. The van der Waals surface area contributed by atoms with E-state index in [1.54, 1.807) is 19.2 Å². The van der Waals surface area contributed by atoms with Gasteiger partial charge < -0.3 is 15.2 Å². The zero-order valence-corrected chi connectivity index (χ0v) is 9.81. The zero-order valence-electron chi connectivity index (χ0n) is 9.81. The number of aliphatic hydroxyl groups is 1. The fourth-order valence-corrected chi connectivity index (χ4v) is 2.02. The first-order valence-corrected chi connectivity index (χ1v) is 5.73. The molecule has 1 aliphatic carbocycles. The molecule has 1 aromatic carbocycles. The van der Waals surface area contributed by atoms with Gasteiger partial charge in [0.25, 0.3) is 0 Å². The molecule has 0 atom stereocenters. The number of nitrogens with one attached hydrogen (secondary N) is 1. The fourth-order valence-electron chi connectivity index (χ4n) is 2.02. The number of rotatable bonds is 4. The summed E-state index contributed by atoms with van der Waals surface area (Å²) < 4.78 is 5.13. The Balaban J connectivity index is 2.00. The Morgan fingerprint density at radius 3 is 2.88 bits per heavy atom. The Bertz CT molecular complexity index is 434. The molecule has 0 bridgehead atoms. The quantitative estimate of drug-likeness (QED) is 0.830. The summed E-state index contributed by atoms with van der Waals surface area (Å²) in [6, 6.07) is 7.50. The van der Waals surface area contributed by atoms with Crippen LogP contribution in [-0.4, -0.2) is 24.9 Å². The van der Waals surface area contributed by atoms with Crippen LogP contribution in [0.1, 0.15) is 18.4 Å². The van der Waals surface area contributed by atoms with Crippen molar-refractivity contribution in [3.63, 3.8) is 0 Å². The van der Waals surface area contributed by atoms with Gasteiger partial charge in [-0.3, -0.25) is 0 Å². The predicted molar refractivity (Wildman–Crippen MR) is 64.9 cm³/mol. The van der Waals surface area contributed by atoms with E-state index in [0.29, 0.717) is 11.5 Å². The Kier molecular flexibility index (Phi) is 3.50. The molecular weight excluding hydrogens is 216 g/mol. The van der Waals surface area contributed by atoms with Gasteiger partial charge >= 0.3 is 0 Å². The molecule has 0 aliphatic heterocycles. The van der Waals surface area contributed by atoms with Crippen LogP contribution in [0.3, 0.4) is 0 Å². The third-order valence-electron chi connectivity index (χ3n) is 3.14. The first-order chi connectivity index (χ1) is 8.22. The Morgan fingerprint density at radius 1 is 1.53 bits per heavy atom. The van der Waals surface area contributed by atoms with Crippen molar-refractivity contribution in [1.82, 2.24) is 0 Å². The summed E-state index contributed by atoms with van der Waals surface area (Å²) in [7, 11) is 1.60. The smallest absolute Gasteiger partial charge is 0.121 e. The highest BCUT2D eigenvalue weighted by Gasteiger charge is 2.26. The van der Waals surface area contributed by atoms with E-state index in [1.807, 2.05) is 6.07 Å². The summed E-state index contributed by atoms with van der Waals surface area (Å²) in [4.78, 5) is 0. The van der Waals surface area contributed by atoms with Gasteiger partial charge in [-0.05, 0) is 30.9 Å². The lowest BCUT2D eigenvalue weighted by molar-refractivity contribution is 0.0487. The first kappa shape index (κ1) is 11.7. The van der Waals surface area contributed by atoms with E-state index in [1.165, 1.54) is 0 Å². The Morgan fingerprint density at radius 2 is 2.29 bits per heavy atom. The second-order valence-electron chi connectivity index (χ2n) is 4.40. The Hall–Kier alpha value is -1.73. The van der Waals surface area contributed by atoms with E-state index in [9.17, 15) is 5.11 Å². The molecule has 1 aromatic rings. The second kappa shape index (κ2) is 5.07. The van der Waals surface area contributed by atoms with Crippen LogP contribution in [-0.2, 0) is 0 Å². The molecule has 17 heavy (non-hydrogen) atoms. The number of nitrogens with zero attached hydrogens (tertiary/aromatic N) is 1.